The maximum Gasteiger partial charge on any atom is 0.265 e. The van der Waals surface area contributed by atoms with Gasteiger partial charge in [-0.1, -0.05) is 71.0 Å². The minimum Gasteiger partial charge on any atom is -0.479 e. The third-order valence-electron chi connectivity index (χ3n) is 5.47. The summed E-state index contributed by atoms with van der Waals surface area (Å²) in [4.78, 5) is 12.7. The zero-order valence-electron chi connectivity index (χ0n) is 17.7. The highest BCUT2D eigenvalue weighted by atomic mass is 35.5. The molecule has 1 amide bonds. The van der Waals surface area contributed by atoms with Gasteiger partial charge >= 0.3 is 0 Å². The van der Waals surface area contributed by atoms with E-state index in [-0.39, 0.29) is 5.91 Å². The smallest absolute Gasteiger partial charge is 0.265 e. The van der Waals surface area contributed by atoms with E-state index in [9.17, 15) is 4.79 Å². The van der Waals surface area contributed by atoms with E-state index in [0.29, 0.717) is 31.4 Å². The number of nitrogens with zero attached hydrogens (tertiary/aromatic N) is 1. The van der Waals surface area contributed by atoms with Crippen LogP contribution in [0.15, 0.2) is 60.7 Å². The van der Waals surface area contributed by atoms with E-state index in [0.717, 1.165) is 37.1 Å². The molecule has 4 nitrogen and oxygen atoms in total. The molecule has 1 atom stereocenters. The van der Waals surface area contributed by atoms with Gasteiger partial charge in [-0.3, -0.25) is 10.2 Å². The Morgan fingerprint density at radius 3 is 2.18 bits per heavy atom. The molecule has 0 bridgehead atoms. The molecule has 0 aliphatic carbocycles. The van der Waals surface area contributed by atoms with Crippen LogP contribution >= 0.6 is 46.4 Å². The lowest BCUT2D eigenvalue weighted by atomic mass is 10.0. The topological polar surface area (TPSA) is 41.6 Å². The van der Waals surface area contributed by atoms with E-state index < -0.39 is 6.10 Å². The molecule has 0 radical (unpaired) electrons. The SMILES string of the molecule is O=C(NN1CCCCC1)c1ccc(OC(c2ccc(Cl)cc2)c2ccc(Cl)cc2Cl)c(Cl)c1. The second-order valence-corrected chi connectivity index (χ2v) is 9.54. The zero-order chi connectivity index (χ0) is 23.4. The Hall–Kier alpha value is -1.95. The lowest BCUT2D eigenvalue weighted by molar-refractivity contribution is 0.0750. The van der Waals surface area contributed by atoms with Gasteiger partial charge in [0, 0.05) is 39.3 Å². The summed E-state index contributed by atoms with van der Waals surface area (Å²) in [7, 11) is 0. The van der Waals surface area contributed by atoms with Gasteiger partial charge in [-0.05, 0) is 60.9 Å². The molecule has 33 heavy (non-hydrogen) atoms. The van der Waals surface area contributed by atoms with Crippen LogP contribution in [0.2, 0.25) is 20.1 Å². The van der Waals surface area contributed by atoms with Gasteiger partial charge in [0.1, 0.15) is 5.75 Å². The number of hydrogen-bond acceptors (Lipinski definition) is 3. The predicted molar refractivity (Wildman–Crippen MR) is 135 cm³/mol. The highest BCUT2D eigenvalue weighted by molar-refractivity contribution is 6.35. The molecule has 1 fully saturated rings. The molecule has 3 aromatic rings. The number of piperidine rings is 1. The minimum absolute atomic E-state index is 0.194. The van der Waals surface area contributed by atoms with Crippen LogP contribution in [0.25, 0.3) is 0 Å². The average molecular weight is 524 g/mol. The number of hydrogen-bond donors (Lipinski definition) is 1. The Morgan fingerprint density at radius 2 is 1.52 bits per heavy atom. The largest absolute Gasteiger partial charge is 0.479 e. The standard InChI is InChI=1S/C25H22Cl4N2O2/c26-18-7-4-16(5-8-18)24(20-10-9-19(27)15-21(20)28)33-23-11-6-17(14-22(23)29)25(32)30-31-12-2-1-3-13-31/h4-11,14-15,24H,1-3,12-13H2,(H,30,32). The van der Waals surface area contributed by atoms with Gasteiger partial charge in [-0.2, -0.15) is 0 Å². The number of carbonyl (C=O) groups is 1. The summed E-state index contributed by atoms with van der Waals surface area (Å²) in [5.74, 6) is 0.234. The molecule has 0 saturated carbocycles. The first-order chi connectivity index (χ1) is 15.9. The number of carbonyl (C=O) groups excluding carboxylic acids is 1. The molecular weight excluding hydrogens is 502 g/mol. The number of hydrazine groups is 1. The molecule has 0 spiro atoms. The van der Waals surface area contributed by atoms with Crippen LogP contribution in [0.1, 0.15) is 46.9 Å². The number of ether oxygens (including phenoxy) is 1. The highest BCUT2D eigenvalue weighted by Crippen LogP contribution is 2.37. The van der Waals surface area contributed by atoms with E-state index in [4.69, 9.17) is 51.1 Å². The van der Waals surface area contributed by atoms with Crippen LogP contribution in [0.4, 0.5) is 0 Å². The molecule has 1 heterocycles. The average Bonchev–Trinajstić information content (AvgIpc) is 2.80. The monoisotopic (exact) mass is 522 g/mol. The van der Waals surface area contributed by atoms with Crippen molar-refractivity contribution in [3.05, 3.63) is 97.4 Å². The lowest BCUT2D eigenvalue weighted by Crippen LogP contribution is -2.45. The second kappa shape index (κ2) is 11.0. The molecule has 172 valence electrons. The Balaban J connectivity index is 1.59. The van der Waals surface area contributed by atoms with Crippen molar-refractivity contribution in [3.63, 3.8) is 0 Å². The fourth-order valence-corrected chi connectivity index (χ4v) is 4.60. The summed E-state index contributed by atoms with van der Waals surface area (Å²) in [6.45, 7) is 1.70. The maximum atomic E-state index is 12.7. The Labute approximate surface area is 213 Å². The Bertz CT molecular complexity index is 1130. The quantitative estimate of drug-likeness (QED) is 0.361. The van der Waals surface area contributed by atoms with Gasteiger partial charge in [0.15, 0.2) is 6.10 Å². The van der Waals surface area contributed by atoms with Gasteiger partial charge in [0.05, 0.1) is 5.02 Å². The van der Waals surface area contributed by atoms with Crippen LogP contribution in [0.5, 0.6) is 5.75 Å². The van der Waals surface area contributed by atoms with E-state index in [1.807, 2.05) is 23.2 Å². The molecule has 4 rings (SSSR count). The fourth-order valence-electron chi connectivity index (χ4n) is 3.74. The van der Waals surface area contributed by atoms with Crippen molar-refractivity contribution >= 4 is 52.3 Å². The molecule has 1 N–H and O–H groups in total. The number of amides is 1. The van der Waals surface area contributed by atoms with Crippen molar-refractivity contribution in [2.75, 3.05) is 13.1 Å². The van der Waals surface area contributed by atoms with E-state index in [1.54, 1.807) is 42.5 Å². The van der Waals surface area contributed by atoms with Crippen molar-refractivity contribution in [1.29, 1.82) is 0 Å². The third-order valence-corrected chi connectivity index (χ3v) is 6.58. The first-order valence-electron chi connectivity index (χ1n) is 10.6. The fraction of sp³-hybridized carbons (Fsp3) is 0.240. The van der Waals surface area contributed by atoms with Crippen molar-refractivity contribution < 1.29 is 9.53 Å². The van der Waals surface area contributed by atoms with E-state index in [2.05, 4.69) is 5.43 Å². The molecule has 0 aromatic heterocycles. The second-order valence-electron chi connectivity index (χ2n) is 7.85. The molecular formula is C25H22Cl4N2O2. The number of nitrogens with one attached hydrogen (secondary N) is 1. The van der Waals surface area contributed by atoms with Gasteiger partial charge in [0.25, 0.3) is 5.91 Å². The normalized spacial score (nSPS) is 15.2. The molecule has 3 aromatic carbocycles. The minimum atomic E-state index is -0.558. The van der Waals surface area contributed by atoms with Crippen molar-refractivity contribution in [1.82, 2.24) is 10.4 Å². The van der Waals surface area contributed by atoms with E-state index in [1.165, 1.54) is 6.42 Å². The summed E-state index contributed by atoms with van der Waals surface area (Å²) in [5.41, 5.74) is 4.98. The van der Waals surface area contributed by atoms with Gasteiger partial charge in [-0.15, -0.1) is 0 Å². The molecule has 1 aliphatic rings. The van der Waals surface area contributed by atoms with Crippen molar-refractivity contribution in [2.24, 2.45) is 0 Å². The summed E-state index contributed by atoms with van der Waals surface area (Å²) < 4.78 is 6.32. The first kappa shape index (κ1) is 24.2. The summed E-state index contributed by atoms with van der Waals surface area (Å²) in [6.07, 6.45) is 2.79. The van der Waals surface area contributed by atoms with Crippen molar-refractivity contribution in [2.45, 2.75) is 25.4 Å². The molecule has 8 heteroatoms. The Kier molecular flexibility index (Phi) is 8.05. The number of rotatable bonds is 6. The van der Waals surface area contributed by atoms with Gasteiger partial charge in [-0.25, -0.2) is 5.01 Å². The predicted octanol–water partition coefficient (Wildman–Crippen LogP) is 7.60. The zero-order valence-corrected chi connectivity index (χ0v) is 20.7. The number of halogens is 4. The van der Waals surface area contributed by atoms with Crippen LogP contribution in [0, 0.1) is 0 Å². The Morgan fingerprint density at radius 1 is 0.818 bits per heavy atom. The first-order valence-corrected chi connectivity index (χ1v) is 12.1. The van der Waals surface area contributed by atoms with Crippen LogP contribution in [-0.4, -0.2) is 24.0 Å². The number of benzene rings is 3. The third kappa shape index (κ3) is 6.14. The summed E-state index contributed by atoms with van der Waals surface area (Å²) >= 11 is 25.2. The van der Waals surface area contributed by atoms with Gasteiger partial charge in [0.2, 0.25) is 0 Å². The summed E-state index contributed by atoms with van der Waals surface area (Å²) in [6, 6.07) is 17.5. The van der Waals surface area contributed by atoms with E-state index >= 15 is 0 Å². The maximum absolute atomic E-state index is 12.7. The summed E-state index contributed by atoms with van der Waals surface area (Å²) in [5, 5.41) is 3.88. The molecule has 1 unspecified atom stereocenters. The lowest BCUT2D eigenvalue weighted by Gasteiger charge is -2.27. The van der Waals surface area contributed by atoms with Crippen molar-refractivity contribution in [3.8, 4) is 5.75 Å². The van der Waals surface area contributed by atoms with Gasteiger partial charge < -0.3 is 4.74 Å². The van der Waals surface area contributed by atoms with Crippen LogP contribution in [-0.2, 0) is 0 Å². The highest BCUT2D eigenvalue weighted by Gasteiger charge is 2.22. The molecule has 1 aliphatic heterocycles. The van der Waals surface area contributed by atoms with Crippen LogP contribution < -0.4 is 10.2 Å². The van der Waals surface area contributed by atoms with Crippen LogP contribution in [0.3, 0.4) is 0 Å². The molecule has 1 saturated heterocycles.